The summed E-state index contributed by atoms with van der Waals surface area (Å²) in [5.41, 5.74) is 7.21. The Balaban J connectivity index is 1.99. The molecule has 6 nitrogen and oxygen atoms in total. The molecular weight excluding hydrogens is 330 g/mol. The number of benzene rings is 1. The van der Waals surface area contributed by atoms with Crippen molar-refractivity contribution < 1.29 is 14.7 Å². The molecule has 2 atom stereocenters. The molecule has 1 aromatic heterocycles. The number of nitrogens with one attached hydrogen (secondary N) is 1. The Labute approximate surface area is 151 Å². The third kappa shape index (κ3) is 5.58. The minimum Gasteiger partial charge on any atom is -0.391 e. The second-order valence-corrected chi connectivity index (χ2v) is 5.56. The van der Waals surface area contributed by atoms with Gasteiger partial charge in [0, 0.05) is 23.5 Å². The van der Waals surface area contributed by atoms with E-state index >= 15 is 0 Å². The number of carbonyl (C=O) groups is 2. The van der Waals surface area contributed by atoms with Gasteiger partial charge in [-0.25, -0.2) is 0 Å². The first-order chi connectivity index (χ1) is 12.5. The smallest absolute Gasteiger partial charge is 0.252 e. The van der Waals surface area contributed by atoms with E-state index in [4.69, 9.17) is 5.73 Å². The fraction of sp³-hybridized carbons (Fsp3) is 0.150. The fourth-order valence-electron chi connectivity index (χ4n) is 2.10. The van der Waals surface area contributed by atoms with E-state index in [9.17, 15) is 14.7 Å². The maximum Gasteiger partial charge on any atom is 0.252 e. The maximum absolute atomic E-state index is 12.1. The van der Waals surface area contributed by atoms with Crippen molar-refractivity contribution in [2.75, 3.05) is 0 Å². The van der Waals surface area contributed by atoms with Gasteiger partial charge in [-0.1, -0.05) is 24.0 Å². The Morgan fingerprint density at radius 3 is 2.58 bits per heavy atom. The molecule has 1 heterocycles. The van der Waals surface area contributed by atoms with Crippen molar-refractivity contribution in [2.24, 2.45) is 5.73 Å². The van der Waals surface area contributed by atoms with E-state index in [1.165, 1.54) is 6.92 Å². The number of hydrogen-bond acceptors (Lipinski definition) is 4. The molecule has 0 aliphatic heterocycles. The molecule has 0 aliphatic carbocycles. The fourth-order valence-corrected chi connectivity index (χ4v) is 2.10. The SMILES string of the molecule is CC(O)C(NC(=O)c1ccc(/C=C/C#Cc2cccnc2)cc1)C(N)=O. The van der Waals surface area contributed by atoms with Gasteiger partial charge in [0.05, 0.1) is 6.10 Å². The molecule has 2 unspecified atom stereocenters. The van der Waals surface area contributed by atoms with Gasteiger partial charge in [0.15, 0.2) is 0 Å². The first-order valence-corrected chi connectivity index (χ1v) is 7.94. The van der Waals surface area contributed by atoms with Gasteiger partial charge < -0.3 is 16.2 Å². The lowest BCUT2D eigenvalue weighted by molar-refractivity contribution is -0.122. The highest BCUT2D eigenvalue weighted by atomic mass is 16.3. The van der Waals surface area contributed by atoms with Gasteiger partial charge in [0.2, 0.25) is 5.91 Å². The molecule has 132 valence electrons. The van der Waals surface area contributed by atoms with E-state index in [-0.39, 0.29) is 0 Å². The van der Waals surface area contributed by atoms with E-state index in [1.807, 2.05) is 18.2 Å². The highest BCUT2D eigenvalue weighted by Gasteiger charge is 2.23. The molecule has 1 aromatic carbocycles. The Morgan fingerprint density at radius 1 is 1.27 bits per heavy atom. The van der Waals surface area contributed by atoms with Gasteiger partial charge in [-0.3, -0.25) is 14.6 Å². The monoisotopic (exact) mass is 349 g/mol. The van der Waals surface area contributed by atoms with Crippen LogP contribution in [0, 0.1) is 11.8 Å². The van der Waals surface area contributed by atoms with Crippen LogP contribution in [0.3, 0.4) is 0 Å². The average molecular weight is 349 g/mol. The maximum atomic E-state index is 12.1. The van der Waals surface area contributed by atoms with Crippen molar-refractivity contribution in [3.8, 4) is 11.8 Å². The molecule has 2 rings (SSSR count). The number of allylic oxidation sites excluding steroid dienone is 1. The molecule has 2 amide bonds. The van der Waals surface area contributed by atoms with Crippen LogP contribution < -0.4 is 11.1 Å². The quantitative estimate of drug-likeness (QED) is 0.703. The first kappa shape index (κ1) is 18.9. The molecule has 4 N–H and O–H groups in total. The molecule has 26 heavy (non-hydrogen) atoms. The highest BCUT2D eigenvalue weighted by Crippen LogP contribution is 2.07. The van der Waals surface area contributed by atoms with Crippen LogP contribution in [0.2, 0.25) is 0 Å². The summed E-state index contributed by atoms with van der Waals surface area (Å²) in [6.45, 7) is 1.39. The van der Waals surface area contributed by atoms with Crippen LogP contribution >= 0.6 is 0 Å². The first-order valence-electron chi connectivity index (χ1n) is 7.94. The van der Waals surface area contributed by atoms with Gasteiger partial charge in [-0.05, 0) is 48.9 Å². The number of aliphatic hydroxyl groups is 1. The number of carbonyl (C=O) groups excluding carboxylic acids is 2. The van der Waals surface area contributed by atoms with Gasteiger partial charge >= 0.3 is 0 Å². The zero-order chi connectivity index (χ0) is 18.9. The topological polar surface area (TPSA) is 105 Å². The number of rotatable bonds is 5. The molecular formula is C20H19N3O3. The van der Waals surface area contributed by atoms with Crippen molar-refractivity contribution in [1.29, 1.82) is 0 Å². The van der Waals surface area contributed by atoms with Crippen molar-refractivity contribution >= 4 is 17.9 Å². The summed E-state index contributed by atoms with van der Waals surface area (Å²) in [5.74, 6) is 4.59. The van der Waals surface area contributed by atoms with Crippen LogP contribution in [-0.4, -0.2) is 34.1 Å². The predicted molar refractivity (Wildman–Crippen MR) is 98.7 cm³/mol. The average Bonchev–Trinajstić information content (AvgIpc) is 2.64. The summed E-state index contributed by atoms with van der Waals surface area (Å²) in [5, 5.41) is 11.9. The summed E-state index contributed by atoms with van der Waals surface area (Å²) in [7, 11) is 0. The van der Waals surface area contributed by atoms with Gasteiger partial charge in [0.25, 0.3) is 5.91 Å². The standard InChI is InChI=1S/C20H19N3O3/c1-14(24)18(19(21)25)23-20(26)17-10-8-15(9-11-17)5-2-3-6-16-7-4-12-22-13-16/h2,4-5,7-14,18,24H,1H3,(H2,21,25)(H,23,26)/b5-2+. The largest absolute Gasteiger partial charge is 0.391 e. The Morgan fingerprint density at radius 2 is 2.00 bits per heavy atom. The number of pyridine rings is 1. The van der Waals surface area contributed by atoms with Crippen LogP contribution in [0.1, 0.15) is 28.4 Å². The lowest BCUT2D eigenvalue weighted by Crippen LogP contribution is -2.50. The number of aliphatic hydroxyl groups excluding tert-OH is 1. The summed E-state index contributed by atoms with van der Waals surface area (Å²) < 4.78 is 0. The van der Waals surface area contributed by atoms with Crippen LogP contribution in [0.5, 0.6) is 0 Å². The number of primary amides is 1. The molecule has 0 saturated heterocycles. The number of nitrogens with two attached hydrogens (primary N) is 1. The molecule has 0 radical (unpaired) electrons. The van der Waals surface area contributed by atoms with Crippen molar-refractivity contribution in [1.82, 2.24) is 10.3 Å². The number of hydrogen-bond donors (Lipinski definition) is 3. The molecule has 6 heteroatoms. The van der Waals surface area contributed by atoms with Crippen LogP contribution in [-0.2, 0) is 4.79 Å². The second-order valence-electron chi connectivity index (χ2n) is 5.56. The molecule has 2 aromatic rings. The zero-order valence-corrected chi connectivity index (χ0v) is 14.2. The summed E-state index contributed by atoms with van der Waals surface area (Å²) >= 11 is 0. The lowest BCUT2D eigenvalue weighted by Gasteiger charge is -2.17. The Bertz CT molecular complexity index is 847. The Kier molecular flexibility index (Phi) is 6.66. The molecule has 0 saturated carbocycles. The third-order valence-electron chi connectivity index (χ3n) is 3.49. The minimum absolute atomic E-state index is 0.357. The second kappa shape index (κ2) is 9.16. The van der Waals surface area contributed by atoms with Gasteiger partial charge in [-0.15, -0.1) is 0 Å². The number of aromatic nitrogens is 1. The Hall–Kier alpha value is -3.43. The van der Waals surface area contributed by atoms with E-state index in [2.05, 4.69) is 22.1 Å². The number of amides is 2. The van der Waals surface area contributed by atoms with Crippen molar-refractivity contribution in [3.63, 3.8) is 0 Å². The summed E-state index contributed by atoms with van der Waals surface area (Å²) in [6, 6.07) is 9.28. The summed E-state index contributed by atoms with van der Waals surface area (Å²) in [6.07, 6.45) is 5.81. The number of nitrogens with zero attached hydrogens (tertiary/aromatic N) is 1. The third-order valence-corrected chi connectivity index (χ3v) is 3.49. The van der Waals surface area contributed by atoms with Crippen molar-refractivity contribution in [3.05, 3.63) is 71.6 Å². The van der Waals surface area contributed by atoms with E-state index in [1.54, 1.807) is 42.7 Å². The van der Waals surface area contributed by atoms with Crippen molar-refractivity contribution in [2.45, 2.75) is 19.1 Å². The van der Waals surface area contributed by atoms with Crippen LogP contribution in [0.25, 0.3) is 6.08 Å². The molecule has 0 bridgehead atoms. The van der Waals surface area contributed by atoms with Gasteiger partial charge in [0.1, 0.15) is 6.04 Å². The highest BCUT2D eigenvalue weighted by molar-refractivity contribution is 5.97. The van der Waals surface area contributed by atoms with E-state index in [0.717, 1.165) is 11.1 Å². The molecule has 0 aliphatic rings. The summed E-state index contributed by atoms with van der Waals surface area (Å²) in [4.78, 5) is 27.3. The van der Waals surface area contributed by atoms with Crippen LogP contribution in [0.15, 0.2) is 54.9 Å². The lowest BCUT2D eigenvalue weighted by atomic mass is 10.1. The molecule has 0 spiro atoms. The zero-order valence-electron chi connectivity index (χ0n) is 14.2. The van der Waals surface area contributed by atoms with Crippen LogP contribution in [0.4, 0.5) is 0 Å². The van der Waals surface area contributed by atoms with E-state index in [0.29, 0.717) is 5.56 Å². The normalized spacial score (nSPS) is 12.7. The minimum atomic E-state index is -1.13. The van der Waals surface area contributed by atoms with Gasteiger partial charge in [-0.2, -0.15) is 0 Å². The predicted octanol–water partition coefficient (Wildman–Crippen LogP) is 1.11. The molecule has 0 fully saturated rings. The van der Waals surface area contributed by atoms with E-state index < -0.39 is 24.0 Å².